The van der Waals surface area contributed by atoms with Gasteiger partial charge in [-0.3, -0.25) is 19.2 Å². The van der Waals surface area contributed by atoms with Gasteiger partial charge in [-0.25, -0.2) is 22.7 Å². The van der Waals surface area contributed by atoms with Crippen LogP contribution in [0, 0.1) is 5.92 Å². The van der Waals surface area contributed by atoms with Crippen LogP contribution in [-0.4, -0.2) is 111 Å². The van der Waals surface area contributed by atoms with Crippen molar-refractivity contribution in [2.75, 3.05) is 27.2 Å². The molecule has 2 fully saturated rings. The summed E-state index contributed by atoms with van der Waals surface area (Å²) >= 11 is 0. The molecule has 18 heteroatoms. The van der Waals surface area contributed by atoms with Crippen molar-refractivity contribution in [2.24, 2.45) is 11.7 Å². The van der Waals surface area contributed by atoms with Gasteiger partial charge in [0.25, 0.3) is 21.8 Å². The van der Waals surface area contributed by atoms with Crippen LogP contribution in [0.4, 0.5) is 9.59 Å². The molecule has 4 rings (SSSR count). The Bertz CT molecular complexity index is 1690. The summed E-state index contributed by atoms with van der Waals surface area (Å²) in [6, 6.07) is 3.02. The van der Waals surface area contributed by atoms with Gasteiger partial charge in [0, 0.05) is 26.4 Å². The average molecular weight is 749 g/mol. The van der Waals surface area contributed by atoms with Gasteiger partial charge in [0.15, 0.2) is 6.61 Å². The molecule has 0 bridgehead atoms. The van der Waals surface area contributed by atoms with Gasteiger partial charge in [-0.05, 0) is 58.6 Å². The number of nitrogens with two attached hydrogens (primary N) is 1. The summed E-state index contributed by atoms with van der Waals surface area (Å²) in [6.07, 6.45) is 3.93. The Morgan fingerprint density at radius 2 is 1.81 bits per heavy atom. The molecule has 0 aromatic heterocycles. The fourth-order valence-electron chi connectivity index (χ4n) is 6.07. The minimum Gasteiger partial charge on any atom is -0.482 e. The van der Waals surface area contributed by atoms with Crippen molar-refractivity contribution in [3.63, 3.8) is 0 Å². The van der Waals surface area contributed by atoms with Crippen LogP contribution in [0.1, 0.15) is 65.7 Å². The van der Waals surface area contributed by atoms with Crippen molar-refractivity contribution in [2.45, 2.75) is 99.9 Å². The second-order valence-electron chi connectivity index (χ2n) is 14.3. The van der Waals surface area contributed by atoms with E-state index < -0.39 is 92.6 Å². The normalized spacial score (nSPS) is 25.2. The number of carbonyl (C=O) groups is 6. The largest absolute Gasteiger partial charge is 0.482 e. The lowest BCUT2D eigenvalue weighted by Gasteiger charge is -2.30. The van der Waals surface area contributed by atoms with Crippen molar-refractivity contribution in [1.29, 1.82) is 0 Å². The summed E-state index contributed by atoms with van der Waals surface area (Å²) in [4.78, 5) is 80.8. The Hall–Kier alpha value is -4.87. The van der Waals surface area contributed by atoms with E-state index in [1.54, 1.807) is 26.8 Å². The zero-order valence-electron chi connectivity index (χ0n) is 30.0. The SMILES string of the molecule is CN(C)C(=O)O[C@@H]1C[C@H]2C(=O)N[C@]3(C(=O)NS(=O)(=O)c4ccccc4OCC(N)=O)C[C@H]3C=CCCCCC[C@H](NC(=O)OC(C)(C)C)C(=O)N2C1. The highest BCUT2D eigenvalue weighted by atomic mass is 32.2. The molecule has 286 valence electrons. The van der Waals surface area contributed by atoms with Crippen molar-refractivity contribution in [1.82, 2.24) is 25.2 Å². The Labute approximate surface area is 303 Å². The third-order valence-corrected chi connectivity index (χ3v) is 10.1. The molecule has 1 aliphatic carbocycles. The third-order valence-electron chi connectivity index (χ3n) is 8.70. The summed E-state index contributed by atoms with van der Waals surface area (Å²) in [5.41, 5.74) is 2.59. The summed E-state index contributed by atoms with van der Waals surface area (Å²) in [7, 11) is -1.64. The number of amides is 6. The van der Waals surface area contributed by atoms with Gasteiger partial charge >= 0.3 is 12.2 Å². The van der Waals surface area contributed by atoms with Gasteiger partial charge in [0.2, 0.25) is 11.8 Å². The molecule has 0 radical (unpaired) electrons. The van der Waals surface area contributed by atoms with Crippen molar-refractivity contribution >= 4 is 45.8 Å². The first-order valence-corrected chi connectivity index (χ1v) is 18.6. The molecular weight excluding hydrogens is 700 g/mol. The van der Waals surface area contributed by atoms with E-state index in [2.05, 4.69) is 15.4 Å². The van der Waals surface area contributed by atoms with E-state index in [1.807, 2.05) is 6.08 Å². The monoisotopic (exact) mass is 748 g/mol. The van der Waals surface area contributed by atoms with Gasteiger partial charge in [0.05, 0.1) is 6.54 Å². The molecule has 0 unspecified atom stereocenters. The molecule has 6 amide bonds. The number of allylic oxidation sites excluding steroid dienone is 1. The molecule has 1 aromatic carbocycles. The molecule has 52 heavy (non-hydrogen) atoms. The Morgan fingerprint density at radius 3 is 2.48 bits per heavy atom. The molecule has 0 spiro atoms. The zero-order valence-corrected chi connectivity index (χ0v) is 30.8. The molecule has 1 saturated heterocycles. The number of nitrogens with one attached hydrogen (secondary N) is 3. The lowest BCUT2D eigenvalue weighted by atomic mass is 10.0. The maximum absolute atomic E-state index is 14.2. The number of benzene rings is 1. The van der Waals surface area contributed by atoms with Crippen molar-refractivity contribution in [3.8, 4) is 5.75 Å². The number of fused-ring (bicyclic) bond motifs is 2. The molecular formula is C34H48N6O11S. The second kappa shape index (κ2) is 16.2. The number of rotatable bonds is 8. The second-order valence-corrected chi connectivity index (χ2v) is 16.0. The van der Waals surface area contributed by atoms with E-state index >= 15 is 0 Å². The molecule has 3 aliphatic rings. The Balaban J connectivity index is 1.65. The molecule has 5 N–H and O–H groups in total. The topological polar surface area (TPSA) is 233 Å². The van der Waals surface area contributed by atoms with Crippen LogP contribution in [-0.2, 0) is 38.7 Å². The quantitative estimate of drug-likeness (QED) is 0.277. The van der Waals surface area contributed by atoms with Crippen LogP contribution in [0.15, 0.2) is 41.3 Å². The van der Waals surface area contributed by atoms with Crippen LogP contribution >= 0.6 is 0 Å². The van der Waals surface area contributed by atoms with Gasteiger partial charge in [-0.1, -0.05) is 37.1 Å². The standard InChI is InChI=1S/C34H48N6O11S/c1-33(2,3)51-31(45)36-23-14-10-8-6-7-9-13-21-18-34(21,30(44)38-52(47,48)26-16-12-11-15-25(26)49-20-27(35)41)37-28(42)24-17-22(19-40(24)29(23)43)50-32(46)39(4)5/h9,11-13,15-16,21-24H,6-8,10,14,17-20H2,1-5H3,(H2,35,41)(H,36,45)(H,37,42)(H,38,44)/t21-,22-,23+,24+,34-/m1/s1. The predicted molar refractivity (Wildman–Crippen MR) is 185 cm³/mol. The van der Waals surface area contributed by atoms with Gasteiger partial charge in [-0.15, -0.1) is 0 Å². The number of para-hydroxylation sites is 1. The molecule has 2 heterocycles. The summed E-state index contributed by atoms with van der Waals surface area (Å²) in [5.74, 6) is -4.07. The van der Waals surface area contributed by atoms with E-state index in [0.29, 0.717) is 25.7 Å². The molecule has 1 saturated carbocycles. The first kappa shape index (κ1) is 39.9. The highest BCUT2D eigenvalue weighted by Gasteiger charge is 2.62. The minimum absolute atomic E-state index is 0.0545. The van der Waals surface area contributed by atoms with E-state index in [-0.39, 0.29) is 31.6 Å². The summed E-state index contributed by atoms with van der Waals surface area (Å²) in [5, 5.41) is 5.37. The number of hydrogen-bond acceptors (Lipinski definition) is 11. The highest BCUT2D eigenvalue weighted by molar-refractivity contribution is 7.90. The number of primary amides is 1. The van der Waals surface area contributed by atoms with Gasteiger partial charge in [0.1, 0.15) is 40.0 Å². The highest BCUT2D eigenvalue weighted by Crippen LogP contribution is 2.46. The minimum atomic E-state index is -4.60. The summed E-state index contributed by atoms with van der Waals surface area (Å²) < 4.78 is 45.3. The smallest absolute Gasteiger partial charge is 0.409 e. The fourth-order valence-corrected chi connectivity index (χ4v) is 7.26. The molecule has 1 aromatic rings. The van der Waals surface area contributed by atoms with Gasteiger partial charge in [-0.2, -0.15) is 0 Å². The summed E-state index contributed by atoms with van der Waals surface area (Å²) in [6.45, 7) is 4.26. The number of carbonyl (C=O) groups excluding carboxylic acids is 6. The van der Waals surface area contributed by atoms with Crippen LogP contribution in [0.2, 0.25) is 0 Å². The molecule has 5 atom stereocenters. The number of nitrogens with zero attached hydrogens (tertiary/aromatic N) is 2. The molecule has 2 aliphatic heterocycles. The average Bonchev–Trinajstić information content (AvgIpc) is 3.58. The lowest BCUT2D eigenvalue weighted by molar-refractivity contribution is -0.141. The maximum atomic E-state index is 14.2. The molecule has 17 nitrogen and oxygen atoms in total. The lowest BCUT2D eigenvalue weighted by Crippen LogP contribution is -2.58. The fraction of sp³-hybridized carbons (Fsp3) is 0.588. The number of ether oxygens (including phenoxy) is 3. The maximum Gasteiger partial charge on any atom is 0.409 e. The number of hydrogen-bond donors (Lipinski definition) is 4. The van der Waals surface area contributed by atoms with Crippen LogP contribution < -0.4 is 25.8 Å². The first-order valence-electron chi connectivity index (χ1n) is 17.1. The number of sulfonamides is 1. The van der Waals surface area contributed by atoms with E-state index in [0.717, 1.165) is 0 Å². The van der Waals surface area contributed by atoms with E-state index in [1.165, 1.54) is 48.2 Å². The zero-order chi connectivity index (χ0) is 38.4. The predicted octanol–water partition coefficient (Wildman–Crippen LogP) is 1.31. The Kier molecular flexibility index (Phi) is 12.4. The number of alkyl carbamates (subject to hydrolysis) is 1. The van der Waals surface area contributed by atoms with Crippen LogP contribution in [0.5, 0.6) is 5.75 Å². The third kappa shape index (κ3) is 10.1. The van der Waals surface area contributed by atoms with Gasteiger partial charge < -0.3 is 40.4 Å². The first-order chi connectivity index (χ1) is 24.3. The van der Waals surface area contributed by atoms with Crippen molar-refractivity contribution in [3.05, 3.63) is 36.4 Å². The van der Waals surface area contributed by atoms with Crippen LogP contribution in [0.3, 0.4) is 0 Å². The van der Waals surface area contributed by atoms with Crippen LogP contribution in [0.25, 0.3) is 0 Å². The Morgan fingerprint density at radius 1 is 1.10 bits per heavy atom. The van der Waals surface area contributed by atoms with Crippen molar-refractivity contribution < 1.29 is 51.4 Å². The van der Waals surface area contributed by atoms with E-state index in [9.17, 15) is 37.2 Å². The van der Waals surface area contributed by atoms with E-state index in [4.69, 9.17) is 19.9 Å².